The molecule has 0 amide bonds. The summed E-state index contributed by atoms with van der Waals surface area (Å²) < 4.78 is 36.8. The van der Waals surface area contributed by atoms with Crippen LogP contribution in [0.4, 0.5) is 13.2 Å². The van der Waals surface area contributed by atoms with Gasteiger partial charge in [0.2, 0.25) is 0 Å². The van der Waals surface area contributed by atoms with Crippen LogP contribution < -0.4 is 5.32 Å². The normalized spacial score (nSPS) is 22.8. The van der Waals surface area contributed by atoms with Gasteiger partial charge in [-0.3, -0.25) is 0 Å². The molecule has 1 aliphatic carbocycles. The fourth-order valence-electron chi connectivity index (χ4n) is 2.76. The predicted molar refractivity (Wildman–Crippen MR) is 74.6 cm³/mol. The lowest BCUT2D eigenvalue weighted by atomic mass is 9.98. The van der Waals surface area contributed by atoms with Crippen molar-refractivity contribution in [1.29, 1.82) is 0 Å². The van der Waals surface area contributed by atoms with Gasteiger partial charge < -0.3 is 10.4 Å². The standard InChI is InChI=1S/C15H28F3NO/c16-15(17,18)14(20)12-19-13-10-8-6-4-2-1-3-5-7-9-11-13/h13-14,19-20H,1-12H2. The quantitative estimate of drug-likeness (QED) is 0.819. The Bertz CT molecular complexity index is 234. The molecule has 1 unspecified atom stereocenters. The molecule has 120 valence electrons. The fraction of sp³-hybridized carbons (Fsp3) is 1.00. The first kappa shape index (κ1) is 17.8. The summed E-state index contributed by atoms with van der Waals surface area (Å²) in [6, 6.07) is 0.117. The van der Waals surface area contributed by atoms with E-state index in [2.05, 4.69) is 5.32 Å². The van der Waals surface area contributed by atoms with Crippen LogP contribution in [0, 0.1) is 0 Å². The molecule has 2 nitrogen and oxygen atoms in total. The van der Waals surface area contributed by atoms with Crippen LogP contribution >= 0.6 is 0 Å². The number of halogens is 3. The van der Waals surface area contributed by atoms with E-state index in [-0.39, 0.29) is 12.6 Å². The smallest absolute Gasteiger partial charge is 0.382 e. The van der Waals surface area contributed by atoms with Crippen LogP contribution in [0.2, 0.25) is 0 Å². The molecule has 0 aliphatic heterocycles. The lowest BCUT2D eigenvalue weighted by Crippen LogP contribution is -2.42. The number of hydrogen-bond donors (Lipinski definition) is 2. The van der Waals surface area contributed by atoms with E-state index in [0.29, 0.717) is 0 Å². The van der Waals surface area contributed by atoms with Gasteiger partial charge >= 0.3 is 6.18 Å². The highest BCUT2D eigenvalue weighted by Gasteiger charge is 2.38. The van der Waals surface area contributed by atoms with Crippen LogP contribution in [-0.4, -0.2) is 30.0 Å². The maximum absolute atomic E-state index is 12.3. The van der Waals surface area contributed by atoms with Crippen LogP contribution in [0.15, 0.2) is 0 Å². The molecule has 0 aromatic carbocycles. The summed E-state index contributed by atoms with van der Waals surface area (Å²) in [7, 11) is 0. The molecule has 0 aromatic heterocycles. The van der Waals surface area contributed by atoms with Crippen molar-refractivity contribution in [3.63, 3.8) is 0 Å². The van der Waals surface area contributed by atoms with E-state index >= 15 is 0 Å². The summed E-state index contributed by atoms with van der Waals surface area (Å²) in [6.07, 6.45) is 5.90. The molecule has 0 spiro atoms. The second kappa shape index (κ2) is 9.61. The van der Waals surface area contributed by atoms with E-state index in [0.717, 1.165) is 25.7 Å². The summed E-state index contributed by atoms with van der Waals surface area (Å²) in [4.78, 5) is 0. The van der Waals surface area contributed by atoms with E-state index < -0.39 is 12.3 Å². The van der Waals surface area contributed by atoms with Gasteiger partial charge in [0.15, 0.2) is 6.10 Å². The molecule has 0 bridgehead atoms. The highest BCUT2D eigenvalue weighted by atomic mass is 19.4. The van der Waals surface area contributed by atoms with Gasteiger partial charge in [-0.25, -0.2) is 0 Å². The number of hydrogen-bond acceptors (Lipinski definition) is 2. The molecular weight excluding hydrogens is 267 g/mol. The Balaban J connectivity index is 2.31. The molecule has 0 heterocycles. The number of aliphatic hydroxyl groups excluding tert-OH is 1. The Morgan fingerprint density at radius 1 is 0.850 bits per heavy atom. The number of aliphatic hydroxyl groups is 1. The molecule has 0 radical (unpaired) electrons. The fourth-order valence-corrected chi connectivity index (χ4v) is 2.76. The third kappa shape index (κ3) is 8.10. The third-order valence-electron chi connectivity index (χ3n) is 4.08. The van der Waals surface area contributed by atoms with Crippen LogP contribution in [0.1, 0.15) is 70.6 Å². The first-order chi connectivity index (χ1) is 9.50. The van der Waals surface area contributed by atoms with Crippen LogP contribution in [0.5, 0.6) is 0 Å². The average Bonchev–Trinajstić information content (AvgIpc) is 2.36. The summed E-state index contributed by atoms with van der Waals surface area (Å²) in [6.45, 7) is -0.381. The lowest BCUT2D eigenvalue weighted by Gasteiger charge is -2.22. The SMILES string of the molecule is OC(CNC1CCCCCCCCCCC1)C(F)(F)F. The zero-order chi connectivity index (χ0) is 14.8. The van der Waals surface area contributed by atoms with Gasteiger partial charge in [0, 0.05) is 12.6 Å². The lowest BCUT2D eigenvalue weighted by molar-refractivity contribution is -0.202. The molecule has 1 atom stereocenters. The second-order valence-electron chi connectivity index (χ2n) is 5.92. The van der Waals surface area contributed by atoms with Crippen molar-refractivity contribution in [2.24, 2.45) is 0 Å². The average molecular weight is 295 g/mol. The van der Waals surface area contributed by atoms with Crippen molar-refractivity contribution >= 4 is 0 Å². The van der Waals surface area contributed by atoms with Crippen molar-refractivity contribution in [2.75, 3.05) is 6.54 Å². The van der Waals surface area contributed by atoms with Gasteiger partial charge in [0.05, 0.1) is 0 Å². The minimum Gasteiger partial charge on any atom is -0.382 e. The zero-order valence-electron chi connectivity index (χ0n) is 12.2. The van der Waals surface area contributed by atoms with Crippen molar-refractivity contribution in [3.05, 3.63) is 0 Å². The van der Waals surface area contributed by atoms with E-state index in [9.17, 15) is 13.2 Å². The summed E-state index contributed by atoms with van der Waals surface area (Å²) >= 11 is 0. The van der Waals surface area contributed by atoms with Crippen LogP contribution in [0.3, 0.4) is 0 Å². The van der Waals surface area contributed by atoms with E-state index in [4.69, 9.17) is 5.11 Å². The van der Waals surface area contributed by atoms with Gasteiger partial charge in [-0.05, 0) is 12.8 Å². The Hall–Kier alpha value is -0.290. The molecule has 0 saturated heterocycles. The number of rotatable bonds is 3. The molecule has 2 N–H and O–H groups in total. The Kier molecular flexibility index (Phi) is 8.53. The molecule has 1 fully saturated rings. The van der Waals surface area contributed by atoms with Crippen molar-refractivity contribution in [2.45, 2.75) is 89.0 Å². The van der Waals surface area contributed by atoms with Crippen molar-refractivity contribution < 1.29 is 18.3 Å². The molecular formula is C15H28F3NO. The van der Waals surface area contributed by atoms with Crippen molar-refractivity contribution in [3.8, 4) is 0 Å². The predicted octanol–water partition coefficient (Wildman–Crippen LogP) is 4.17. The minimum absolute atomic E-state index is 0.117. The Morgan fingerprint density at radius 2 is 1.25 bits per heavy atom. The topological polar surface area (TPSA) is 32.3 Å². The van der Waals surface area contributed by atoms with E-state index in [1.54, 1.807) is 0 Å². The molecule has 1 rings (SSSR count). The Morgan fingerprint density at radius 3 is 1.65 bits per heavy atom. The highest BCUT2D eigenvalue weighted by molar-refractivity contribution is 4.74. The minimum atomic E-state index is -4.52. The molecule has 0 aromatic rings. The molecule has 5 heteroatoms. The largest absolute Gasteiger partial charge is 0.415 e. The summed E-state index contributed by atoms with van der Waals surface area (Å²) in [5.41, 5.74) is 0. The molecule has 1 aliphatic rings. The molecule has 20 heavy (non-hydrogen) atoms. The number of nitrogens with one attached hydrogen (secondary N) is 1. The van der Waals surface area contributed by atoms with E-state index in [1.807, 2.05) is 0 Å². The van der Waals surface area contributed by atoms with E-state index in [1.165, 1.54) is 44.9 Å². The maximum atomic E-state index is 12.3. The summed E-state index contributed by atoms with van der Waals surface area (Å²) in [5.74, 6) is 0. The molecule has 1 saturated carbocycles. The van der Waals surface area contributed by atoms with Gasteiger partial charge in [0.1, 0.15) is 0 Å². The van der Waals surface area contributed by atoms with Gasteiger partial charge in [-0.15, -0.1) is 0 Å². The summed E-state index contributed by atoms with van der Waals surface area (Å²) in [5, 5.41) is 11.9. The van der Waals surface area contributed by atoms with Gasteiger partial charge in [-0.1, -0.05) is 57.8 Å². The first-order valence-corrected chi connectivity index (χ1v) is 7.98. The van der Waals surface area contributed by atoms with Crippen molar-refractivity contribution in [1.82, 2.24) is 5.32 Å². The Labute approximate surface area is 120 Å². The third-order valence-corrected chi connectivity index (χ3v) is 4.08. The maximum Gasteiger partial charge on any atom is 0.415 e. The second-order valence-corrected chi connectivity index (χ2v) is 5.92. The zero-order valence-corrected chi connectivity index (χ0v) is 12.2. The first-order valence-electron chi connectivity index (χ1n) is 7.98. The number of alkyl halides is 3. The van der Waals surface area contributed by atoms with Gasteiger partial charge in [-0.2, -0.15) is 13.2 Å². The van der Waals surface area contributed by atoms with Crippen LogP contribution in [-0.2, 0) is 0 Å². The van der Waals surface area contributed by atoms with Crippen LogP contribution in [0.25, 0.3) is 0 Å². The van der Waals surface area contributed by atoms with Gasteiger partial charge in [0.25, 0.3) is 0 Å². The highest BCUT2D eigenvalue weighted by Crippen LogP contribution is 2.20. The monoisotopic (exact) mass is 295 g/mol.